The van der Waals surface area contributed by atoms with Crippen molar-refractivity contribution in [1.82, 2.24) is 19.9 Å². The van der Waals surface area contributed by atoms with Crippen LogP contribution in [0, 0.1) is 0 Å². The zero-order valence-electron chi connectivity index (χ0n) is 61.7. The molecule has 604 valence electrons. The minimum absolute atomic E-state index is 0.00126. The first-order chi connectivity index (χ1) is 53.6. The summed E-state index contributed by atoms with van der Waals surface area (Å²) in [5, 5.41) is 23.4. The molecule has 0 fully saturated rings. The van der Waals surface area contributed by atoms with E-state index < -0.39 is 23.6 Å². The molecule has 4 aromatic carbocycles. The first-order valence-electron chi connectivity index (χ1n) is 35.1. The molecule has 2 heterocycles. The Kier molecular flexibility index (Phi) is 42.4. The van der Waals surface area contributed by atoms with E-state index >= 15 is 0 Å². The lowest BCUT2D eigenvalue weighted by molar-refractivity contribution is -0.117. The van der Waals surface area contributed by atoms with Crippen molar-refractivity contribution in [3.63, 3.8) is 0 Å². The highest BCUT2D eigenvalue weighted by Crippen LogP contribution is 2.42. The summed E-state index contributed by atoms with van der Waals surface area (Å²) < 4.78 is 1.20. The van der Waals surface area contributed by atoms with Gasteiger partial charge in [-0.3, -0.25) is 58.3 Å². The second-order valence-electron chi connectivity index (χ2n) is 23.9. The number of carbonyl (C=O) groups excluding carboxylic acids is 8. The molecule has 6 aromatic rings. The number of hydrogen-bond donors (Lipinski definition) is 18. The Bertz CT molecular complexity index is 4100. The Morgan fingerprint density at radius 1 is 0.366 bits per heavy atom. The number of aromatic nitrogens is 4. The van der Waals surface area contributed by atoms with Crippen LogP contribution in [0.4, 0.5) is 45.5 Å². The van der Waals surface area contributed by atoms with E-state index in [2.05, 4.69) is 114 Å². The van der Waals surface area contributed by atoms with E-state index in [1.54, 1.807) is 43.3 Å². The Balaban J connectivity index is 0.000000400. The standard InChI is InChI=1S/C35H47Br2N13O4S2.C35H47Cl2N13O4S2/c1-20(40)43-10-4-2-6-29(51)47-23-14-21(36)16-25(31(23)55-12-8-38)49-33(53)27-18-28(46-19-45-27)34(54)50-26-17-22(37)15-24(32(26)56-13-9-39)48-30(52)7-3-5-11-44-35(41)42;1-2-3-4-7-28(51)47-22-14-20(36)16-24(30(22)55-12-10-43-34(39)40)49-32(53)26-18-27(46-19-45-26)33(54)50-25-17-21(37)15-23(48-29(52)8-5-6-9-38)31(25)56-13-11-44-35(41)42/h14-19H,2-13,38-39H2,1H3,(H2,40,43)(H,47,51)(H,48,52)(H,49,53)(H,50,54)(H4,41,42,44);14-19H,2-13,38H2,1H3,(H,47,51)(H,48,52)(H,49,53)(H,50,54)(H4,39,40,43)(H4,41,42,44). The van der Waals surface area contributed by atoms with E-state index in [0.717, 1.165) is 25.5 Å². The number of nitrogens with zero attached hydrogens (tertiary/aromatic N) is 8. The third-order valence-electron chi connectivity index (χ3n) is 14.7. The van der Waals surface area contributed by atoms with Gasteiger partial charge in [-0.1, -0.05) is 74.8 Å². The molecule has 0 unspecified atom stereocenters. The Hall–Kier alpha value is -9.10. The average Bonchev–Trinajstić information content (AvgIpc) is 0.825. The highest BCUT2D eigenvalue weighted by Gasteiger charge is 2.25. The fraction of sp³-hybridized carbons (Fsp3) is 0.371. The molecule has 0 spiro atoms. The van der Waals surface area contributed by atoms with Gasteiger partial charge in [-0.05, 0) is 107 Å². The number of thioether (sulfide) groups is 4. The number of carbonyl (C=O) groups is 8. The van der Waals surface area contributed by atoms with Gasteiger partial charge in [0.25, 0.3) is 23.6 Å². The van der Waals surface area contributed by atoms with Crippen LogP contribution in [0.5, 0.6) is 0 Å². The number of benzene rings is 4. The summed E-state index contributed by atoms with van der Waals surface area (Å²) in [6.45, 7) is 6.40. The van der Waals surface area contributed by atoms with Crippen molar-refractivity contribution in [3.8, 4) is 0 Å². The highest BCUT2D eigenvalue weighted by molar-refractivity contribution is 9.10. The van der Waals surface area contributed by atoms with Crippen molar-refractivity contribution in [2.24, 2.45) is 77.3 Å². The average molecular weight is 1790 g/mol. The number of rotatable bonds is 44. The maximum atomic E-state index is 13.6. The van der Waals surface area contributed by atoms with Crippen LogP contribution in [0.3, 0.4) is 0 Å². The second-order valence-corrected chi connectivity index (χ2v) is 31.1. The van der Waals surface area contributed by atoms with Gasteiger partial charge in [-0.25, -0.2) is 19.9 Å². The van der Waals surface area contributed by atoms with E-state index in [9.17, 15) is 38.4 Å². The predicted molar refractivity (Wildman–Crippen MR) is 462 cm³/mol. The molecule has 0 atom stereocenters. The minimum Gasteiger partial charge on any atom is -0.388 e. The van der Waals surface area contributed by atoms with Gasteiger partial charge in [0.15, 0.2) is 17.9 Å². The monoisotopic (exact) mass is 1780 g/mol. The van der Waals surface area contributed by atoms with E-state index in [1.807, 2.05) is 6.92 Å². The van der Waals surface area contributed by atoms with Gasteiger partial charge in [0.05, 0.1) is 84.0 Å². The Morgan fingerprint density at radius 3 is 0.946 bits per heavy atom. The van der Waals surface area contributed by atoms with Gasteiger partial charge in [-0.15, -0.1) is 47.0 Å². The molecule has 34 nitrogen and oxygen atoms in total. The molecule has 0 radical (unpaired) electrons. The molecule has 0 aliphatic rings. The number of nitrogens with two attached hydrogens (primary N) is 10. The lowest BCUT2D eigenvalue weighted by atomic mass is 10.2. The normalized spacial score (nSPS) is 10.9. The Labute approximate surface area is 692 Å². The van der Waals surface area contributed by atoms with Crippen LogP contribution in [0.15, 0.2) is 122 Å². The van der Waals surface area contributed by atoms with Crippen LogP contribution in [-0.4, -0.2) is 160 Å². The number of unbranched alkanes of at least 4 members (excludes halogenated alkanes) is 5. The van der Waals surface area contributed by atoms with Gasteiger partial charge < -0.3 is 99.9 Å². The zero-order valence-corrected chi connectivity index (χ0v) is 69.6. The molecular formula is C70H94Br2Cl2N26O8S4. The first kappa shape index (κ1) is 93.5. The zero-order chi connectivity index (χ0) is 82.1. The van der Waals surface area contributed by atoms with Crippen molar-refractivity contribution in [2.75, 3.05) is 111 Å². The number of aliphatic imine (C=N–C) groups is 4. The fourth-order valence-corrected chi connectivity index (χ4v) is 14.6. The van der Waals surface area contributed by atoms with E-state index in [-0.39, 0.29) is 118 Å². The van der Waals surface area contributed by atoms with Crippen LogP contribution in [0.1, 0.15) is 139 Å². The molecule has 0 aliphatic heterocycles. The second kappa shape index (κ2) is 50.8. The molecule has 0 aliphatic carbocycles. The Morgan fingerprint density at radius 2 is 0.643 bits per heavy atom. The van der Waals surface area contributed by atoms with Crippen LogP contribution in [0.2, 0.25) is 10.0 Å². The molecular weight excluding hydrogens is 1690 g/mol. The van der Waals surface area contributed by atoms with E-state index in [0.29, 0.717) is 176 Å². The van der Waals surface area contributed by atoms with Crippen molar-refractivity contribution in [1.29, 1.82) is 0 Å². The maximum absolute atomic E-state index is 13.6. The molecule has 0 saturated carbocycles. The number of amidine groups is 1. The van der Waals surface area contributed by atoms with Crippen LogP contribution in [0.25, 0.3) is 0 Å². The quantitative estimate of drug-likeness (QED) is 0.00733. The first-order valence-corrected chi connectivity index (χ1v) is 41.4. The molecule has 42 heteroatoms. The summed E-state index contributed by atoms with van der Waals surface area (Å²) in [5.41, 5.74) is 58.0. The van der Waals surface area contributed by atoms with Gasteiger partial charge >= 0.3 is 0 Å². The number of nitrogens with one attached hydrogen (secondary N) is 8. The summed E-state index contributed by atoms with van der Waals surface area (Å²) in [6.07, 6.45) is 9.60. The summed E-state index contributed by atoms with van der Waals surface area (Å²) in [7, 11) is 0. The van der Waals surface area contributed by atoms with Crippen molar-refractivity contribution in [2.45, 2.75) is 117 Å². The van der Waals surface area contributed by atoms with Gasteiger partial charge in [0.1, 0.15) is 35.4 Å². The molecule has 0 saturated heterocycles. The summed E-state index contributed by atoms with van der Waals surface area (Å²) in [6, 6.07) is 15.6. The SMILES string of the molecule is CC(N)=NCCCCC(=O)Nc1cc(Br)cc(NC(=O)c2cc(C(=O)Nc3cc(Br)cc(NC(=O)CCCCN=C(N)N)c3SCCN)ncn2)c1SCCN.CCCCCC(=O)Nc1cc(Cl)cc(NC(=O)c2cc(C(=O)Nc3cc(Cl)cc(NC(=O)CCCCN)c3SCCN=C(N)N)ncn2)c1SCCN=C(N)N. The van der Waals surface area contributed by atoms with E-state index in [4.69, 9.17) is 80.5 Å². The number of halogens is 4. The third kappa shape index (κ3) is 34.5. The third-order valence-corrected chi connectivity index (χ3v) is 20.6. The smallest absolute Gasteiger partial charge is 0.274 e. The van der Waals surface area contributed by atoms with Crippen molar-refractivity contribution < 1.29 is 38.4 Å². The topological polar surface area (TPSA) is 594 Å². The minimum atomic E-state index is -0.693. The number of guanidine groups is 3. The van der Waals surface area contributed by atoms with Crippen molar-refractivity contribution in [3.05, 3.63) is 115 Å². The van der Waals surface area contributed by atoms with Crippen molar-refractivity contribution >= 4 is 219 Å². The molecule has 2 aromatic heterocycles. The van der Waals surface area contributed by atoms with Gasteiger partial charge in [0, 0.05) is 106 Å². The van der Waals surface area contributed by atoms with Crippen LogP contribution >= 0.6 is 102 Å². The molecule has 6 rings (SSSR count). The van der Waals surface area contributed by atoms with Gasteiger partial charge in [0.2, 0.25) is 23.6 Å². The lowest BCUT2D eigenvalue weighted by Gasteiger charge is -2.17. The summed E-state index contributed by atoms with van der Waals surface area (Å²) in [5.74, 6) is -1.37. The highest BCUT2D eigenvalue weighted by atomic mass is 79.9. The molecule has 28 N–H and O–H groups in total. The molecule has 8 amide bonds. The predicted octanol–water partition coefficient (Wildman–Crippen LogP) is 9.08. The largest absolute Gasteiger partial charge is 0.388 e. The van der Waals surface area contributed by atoms with E-state index in [1.165, 1.54) is 71.3 Å². The van der Waals surface area contributed by atoms with Crippen LogP contribution in [-0.2, 0) is 19.2 Å². The number of amides is 8. The molecule has 112 heavy (non-hydrogen) atoms. The molecule has 0 bridgehead atoms. The van der Waals surface area contributed by atoms with Crippen LogP contribution < -0.4 is 99.9 Å². The summed E-state index contributed by atoms with van der Waals surface area (Å²) >= 11 is 25.1. The fourth-order valence-electron chi connectivity index (χ4n) is 9.74. The number of hydrogen-bond acceptors (Lipinski definition) is 23. The lowest BCUT2D eigenvalue weighted by Crippen LogP contribution is -2.23. The maximum Gasteiger partial charge on any atom is 0.274 e. The number of anilines is 8. The summed E-state index contributed by atoms with van der Waals surface area (Å²) in [4.78, 5) is 140. The van der Waals surface area contributed by atoms with Gasteiger partial charge in [-0.2, -0.15) is 0 Å².